The third kappa shape index (κ3) is 4.48. The van der Waals surface area contributed by atoms with Crippen molar-refractivity contribution in [1.82, 2.24) is 10.3 Å². The lowest BCUT2D eigenvalue weighted by atomic mass is 10.1. The number of para-hydroxylation sites is 1. The van der Waals surface area contributed by atoms with Crippen molar-refractivity contribution >= 4 is 11.6 Å². The Balaban J connectivity index is 1.58. The monoisotopic (exact) mass is 341 g/mol. The molecule has 1 amide bonds. The lowest BCUT2D eigenvalue weighted by Gasteiger charge is -2.28. The average Bonchev–Trinajstić information content (AvgIpc) is 2.69. The van der Waals surface area contributed by atoms with E-state index in [9.17, 15) is 4.79 Å². The van der Waals surface area contributed by atoms with Gasteiger partial charge in [-0.2, -0.15) is 0 Å². The Kier molecular flexibility index (Phi) is 5.85. The van der Waals surface area contributed by atoms with Crippen LogP contribution in [-0.4, -0.2) is 50.8 Å². The van der Waals surface area contributed by atoms with Crippen LogP contribution in [0, 0.1) is 0 Å². The number of morpholine rings is 1. The normalized spacial score (nSPS) is 14.2. The topological polar surface area (TPSA) is 63.7 Å². The summed E-state index contributed by atoms with van der Waals surface area (Å²) in [6, 6.07) is 9.72. The first-order chi connectivity index (χ1) is 12.3. The number of anilines is 1. The van der Waals surface area contributed by atoms with Gasteiger partial charge in [-0.3, -0.25) is 9.78 Å². The highest BCUT2D eigenvalue weighted by Gasteiger charge is 2.14. The summed E-state index contributed by atoms with van der Waals surface area (Å²) in [6.45, 7) is 3.59. The van der Waals surface area contributed by atoms with Crippen LogP contribution in [0.1, 0.15) is 15.9 Å². The number of rotatable bonds is 6. The number of benzene rings is 1. The molecule has 1 aromatic carbocycles. The Morgan fingerprint density at radius 1 is 1.28 bits per heavy atom. The van der Waals surface area contributed by atoms with E-state index in [1.165, 1.54) is 0 Å². The summed E-state index contributed by atoms with van der Waals surface area (Å²) < 4.78 is 10.7. The van der Waals surface area contributed by atoms with Crippen molar-refractivity contribution in [2.24, 2.45) is 0 Å². The molecule has 0 saturated carbocycles. The lowest BCUT2D eigenvalue weighted by Crippen LogP contribution is -2.36. The van der Waals surface area contributed by atoms with E-state index in [4.69, 9.17) is 9.47 Å². The van der Waals surface area contributed by atoms with Crippen molar-refractivity contribution in [1.29, 1.82) is 0 Å². The molecule has 0 aliphatic carbocycles. The minimum atomic E-state index is -0.113. The summed E-state index contributed by atoms with van der Waals surface area (Å²) in [6.07, 6.45) is 4.10. The highest BCUT2D eigenvalue weighted by atomic mass is 16.5. The van der Waals surface area contributed by atoms with Crippen molar-refractivity contribution in [2.75, 3.05) is 44.9 Å². The first-order valence-electron chi connectivity index (χ1n) is 8.46. The molecule has 2 aromatic rings. The van der Waals surface area contributed by atoms with E-state index in [1.807, 2.05) is 30.3 Å². The van der Waals surface area contributed by atoms with E-state index in [2.05, 4.69) is 15.2 Å². The summed E-state index contributed by atoms with van der Waals surface area (Å²) in [7, 11) is 1.65. The van der Waals surface area contributed by atoms with Gasteiger partial charge >= 0.3 is 0 Å². The van der Waals surface area contributed by atoms with Gasteiger partial charge in [0, 0.05) is 25.8 Å². The number of nitrogens with zero attached hydrogens (tertiary/aromatic N) is 2. The highest BCUT2D eigenvalue weighted by molar-refractivity contribution is 5.94. The van der Waals surface area contributed by atoms with E-state index in [-0.39, 0.29) is 5.91 Å². The van der Waals surface area contributed by atoms with E-state index >= 15 is 0 Å². The molecule has 1 aliphatic heterocycles. The highest BCUT2D eigenvalue weighted by Crippen LogP contribution is 2.18. The molecular formula is C19H23N3O3. The SMILES string of the molecule is COc1ccccc1CCNC(=O)c1cncc(N2CCOCC2)c1. The smallest absolute Gasteiger partial charge is 0.252 e. The molecule has 0 unspecified atom stereocenters. The van der Waals surface area contributed by atoms with Gasteiger partial charge in [0.15, 0.2) is 0 Å². The number of amides is 1. The van der Waals surface area contributed by atoms with Crippen LogP contribution in [0.15, 0.2) is 42.7 Å². The molecule has 0 bridgehead atoms. The van der Waals surface area contributed by atoms with Crippen LogP contribution in [0.25, 0.3) is 0 Å². The second kappa shape index (κ2) is 8.48. The largest absolute Gasteiger partial charge is 0.496 e. The zero-order valence-electron chi connectivity index (χ0n) is 14.4. The van der Waals surface area contributed by atoms with Crippen molar-refractivity contribution < 1.29 is 14.3 Å². The fourth-order valence-electron chi connectivity index (χ4n) is 2.87. The molecule has 1 saturated heterocycles. The maximum absolute atomic E-state index is 12.4. The Morgan fingerprint density at radius 2 is 2.08 bits per heavy atom. The lowest BCUT2D eigenvalue weighted by molar-refractivity contribution is 0.0953. The molecule has 2 heterocycles. The minimum Gasteiger partial charge on any atom is -0.496 e. The van der Waals surface area contributed by atoms with Gasteiger partial charge in [-0.25, -0.2) is 0 Å². The van der Waals surface area contributed by atoms with Gasteiger partial charge in [0.1, 0.15) is 5.75 Å². The molecule has 1 aromatic heterocycles. The minimum absolute atomic E-state index is 0.113. The second-order valence-corrected chi connectivity index (χ2v) is 5.85. The summed E-state index contributed by atoms with van der Waals surface area (Å²) in [5.41, 5.74) is 2.61. The standard InChI is InChI=1S/C19H23N3O3/c1-24-18-5-3-2-4-15(18)6-7-21-19(23)16-12-17(14-20-13-16)22-8-10-25-11-9-22/h2-5,12-14H,6-11H2,1H3,(H,21,23). The van der Waals surface area contributed by atoms with E-state index in [1.54, 1.807) is 19.5 Å². The molecule has 1 aliphatic rings. The quantitative estimate of drug-likeness (QED) is 0.869. The third-order valence-electron chi connectivity index (χ3n) is 4.23. The predicted molar refractivity (Wildman–Crippen MR) is 96.3 cm³/mol. The van der Waals surface area contributed by atoms with Gasteiger partial charge in [-0.15, -0.1) is 0 Å². The van der Waals surface area contributed by atoms with Gasteiger partial charge in [0.05, 0.1) is 37.8 Å². The molecule has 6 heteroatoms. The van der Waals surface area contributed by atoms with Crippen molar-refractivity contribution in [3.8, 4) is 5.75 Å². The predicted octanol–water partition coefficient (Wildman–Crippen LogP) is 1.90. The molecule has 1 N–H and O–H groups in total. The molecule has 0 spiro atoms. The fourth-order valence-corrected chi connectivity index (χ4v) is 2.87. The van der Waals surface area contributed by atoms with Crippen LogP contribution in [0.3, 0.4) is 0 Å². The van der Waals surface area contributed by atoms with Gasteiger partial charge in [-0.1, -0.05) is 18.2 Å². The molecule has 132 valence electrons. The molecule has 6 nitrogen and oxygen atoms in total. The zero-order valence-corrected chi connectivity index (χ0v) is 14.4. The number of ether oxygens (including phenoxy) is 2. The molecule has 0 atom stereocenters. The molecule has 3 rings (SSSR count). The van der Waals surface area contributed by atoms with Crippen LogP contribution in [0.4, 0.5) is 5.69 Å². The maximum Gasteiger partial charge on any atom is 0.252 e. The van der Waals surface area contributed by atoms with E-state index < -0.39 is 0 Å². The van der Waals surface area contributed by atoms with Crippen LogP contribution >= 0.6 is 0 Å². The van der Waals surface area contributed by atoms with Crippen molar-refractivity contribution in [2.45, 2.75) is 6.42 Å². The van der Waals surface area contributed by atoms with E-state index in [0.717, 1.165) is 30.1 Å². The number of methoxy groups -OCH3 is 1. The summed E-state index contributed by atoms with van der Waals surface area (Å²) >= 11 is 0. The first kappa shape index (κ1) is 17.2. The number of hydrogen-bond donors (Lipinski definition) is 1. The fraction of sp³-hybridized carbons (Fsp3) is 0.368. The molecule has 0 radical (unpaired) electrons. The van der Waals surface area contributed by atoms with Crippen molar-refractivity contribution in [3.05, 3.63) is 53.9 Å². The van der Waals surface area contributed by atoms with Gasteiger partial charge < -0.3 is 19.7 Å². The van der Waals surface area contributed by atoms with Gasteiger partial charge in [0.2, 0.25) is 0 Å². The summed E-state index contributed by atoms with van der Waals surface area (Å²) in [4.78, 5) is 18.8. The summed E-state index contributed by atoms with van der Waals surface area (Å²) in [5, 5.41) is 2.95. The Hall–Kier alpha value is -2.60. The molecular weight excluding hydrogens is 318 g/mol. The van der Waals surface area contributed by atoms with E-state index in [0.29, 0.717) is 31.7 Å². The number of nitrogens with one attached hydrogen (secondary N) is 1. The number of carbonyl (C=O) groups excluding carboxylic acids is 1. The molecule has 25 heavy (non-hydrogen) atoms. The van der Waals surface area contributed by atoms with Crippen LogP contribution in [0.5, 0.6) is 5.75 Å². The maximum atomic E-state index is 12.4. The Bertz CT molecular complexity index is 715. The number of aromatic nitrogens is 1. The van der Waals surface area contributed by atoms with Crippen molar-refractivity contribution in [3.63, 3.8) is 0 Å². The zero-order chi connectivity index (χ0) is 17.5. The van der Waals surface area contributed by atoms with Crippen LogP contribution in [-0.2, 0) is 11.2 Å². The number of hydrogen-bond acceptors (Lipinski definition) is 5. The average molecular weight is 341 g/mol. The Labute approximate surface area is 147 Å². The first-order valence-corrected chi connectivity index (χ1v) is 8.46. The summed E-state index contributed by atoms with van der Waals surface area (Å²) in [5.74, 6) is 0.727. The van der Waals surface area contributed by atoms with Gasteiger partial charge in [0.25, 0.3) is 5.91 Å². The van der Waals surface area contributed by atoms with Crippen LogP contribution in [0.2, 0.25) is 0 Å². The number of carbonyl (C=O) groups is 1. The molecule has 1 fully saturated rings. The Morgan fingerprint density at radius 3 is 2.88 bits per heavy atom. The second-order valence-electron chi connectivity index (χ2n) is 5.85. The van der Waals surface area contributed by atoms with Crippen LogP contribution < -0.4 is 15.0 Å². The third-order valence-corrected chi connectivity index (χ3v) is 4.23. The van der Waals surface area contributed by atoms with Gasteiger partial charge in [-0.05, 0) is 24.1 Å². The number of pyridine rings is 1.